The molecule has 20 atom stereocenters. The van der Waals surface area contributed by atoms with E-state index in [2.05, 4.69) is 13.5 Å². The fourth-order valence-corrected chi connectivity index (χ4v) is 11.7. The molecule has 2 bridgehead atoms. The summed E-state index contributed by atoms with van der Waals surface area (Å²) < 4.78 is 35.4. The topological polar surface area (TPSA) is 275 Å². The van der Waals surface area contributed by atoms with Crippen LogP contribution in [0.3, 0.4) is 0 Å². The van der Waals surface area contributed by atoms with Gasteiger partial charge in [0.05, 0.1) is 30.8 Å². The van der Waals surface area contributed by atoms with Gasteiger partial charge in [0.2, 0.25) is 6.29 Å². The van der Waals surface area contributed by atoms with Gasteiger partial charge in [0.15, 0.2) is 12.6 Å². The van der Waals surface area contributed by atoms with Crippen LogP contribution in [0, 0.1) is 28.1 Å². The number of aliphatic hydroxyl groups is 10. The molecule has 0 radical (unpaired) electrons. The molecule has 7 rings (SSSR count). The van der Waals surface area contributed by atoms with Crippen molar-refractivity contribution in [3.63, 3.8) is 0 Å². The summed E-state index contributed by atoms with van der Waals surface area (Å²) in [5.74, 6) is -0.530. The van der Waals surface area contributed by atoms with Crippen LogP contribution in [0.1, 0.15) is 71.6 Å². The van der Waals surface area contributed by atoms with Gasteiger partial charge >= 0.3 is 5.97 Å². The van der Waals surface area contributed by atoms with Gasteiger partial charge in [-0.05, 0) is 86.5 Å². The molecular formula is C37H58O17. The summed E-state index contributed by atoms with van der Waals surface area (Å²) in [5, 5.41) is 103. The highest BCUT2D eigenvalue weighted by Crippen LogP contribution is 2.73. The van der Waals surface area contributed by atoms with Crippen molar-refractivity contribution in [3.05, 3.63) is 12.2 Å². The molecule has 1 unspecified atom stereocenters. The Balaban J connectivity index is 1.10. The Morgan fingerprint density at radius 2 is 1.39 bits per heavy atom. The molecule has 4 saturated carbocycles. The monoisotopic (exact) mass is 774 g/mol. The third-order valence-electron chi connectivity index (χ3n) is 14.6. The Morgan fingerprint density at radius 3 is 2.07 bits per heavy atom. The van der Waals surface area contributed by atoms with Gasteiger partial charge in [-0.25, -0.2) is 0 Å². The van der Waals surface area contributed by atoms with Crippen LogP contribution in [0.4, 0.5) is 0 Å². The molecule has 4 aliphatic carbocycles. The Kier molecular flexibility index (Phi) is 11.2. The van der Waals surface area contributed by atoms with Crippen LogP contribution in [0.15, 0.2) is 12.2 Å². The van der Waals surface area contributed by atoms with E-state index < -0.39 is 116 Å². The molecule has 0 aromatic carbocycles. The number of hydrogen-bond acceptors (Lipinski definition) is 17. The summed E-state index contributed by atoms with van der Waals surface area (Å²) >= 11 is 0. The van der Waals surface area contributed by atoms with Gasteiger partial charge in [0.1, 0.15) is 67.1 Å². The average Bonchev–Trinajstić information content (AvgIpc) is 3.34. The van der Waals surface area contributed by atoms with Crippen molar-refractivity contribution in [1.29, 1.82) is 0 Å². The van der Waals surface area contributed by atoms with Gasteiger partial charge in [0.25, 0.3) is 0 Å². The number of hydrogen-bond donors (Lipinski definition) is 10. The van der Waals surface area contributed by atoms with Gasteiger partial charge in [-0.2, -0.15) is 0 Å². The van der Waals surface area contributed by atoms with Crippen molar-refractivity contribution < 1.29 is 84.3 Å². The van der Waals surface area contributed by atoms with E-state index in [1.54, 1.807) is 0 Å². The first kappa shape index (κ1) is 40.8. The zero-order valence-corrected chi connectivity index (χ0v) is 30.8. The first-order valence-corrected chi connectivity index (χ1v) is 19.3. The van der Waals surface area contributed by atoms with E-state index in [9.17, 15) is 55.9 Å². The Hall–Kier alpha value is -1.39. The molecule has 3 aliphatic heterocycles. The lowest BCUT2D eigenvalue weighted by Crippen LogP contribution is -2.64. The van der Waals surface area contributed by atoms with E-state index in [0.717, 1.165) is 24.8 Å². The normalized spacial score (nSPS) is 54.8. The first-order chi connectivity index (χ1) is 25.4. The summed E-state index contributed by atoms with van der Waals surface area (Å²) in [4.78, 5) is 14.1. The molecule has 17 nitrogen and oxygen atoms in total. The standard InChI is InChI=1S/C37H58O17/c1-16-11-36-9-5-20-34(2,7-4-8-35(20,3)33(48)53-31-28(47)25(44)23(42)18(12-38)50-31)21(36)6-10-37(16,15-36)54-32-29(26(45)24(43)19(13-39)51-32)52-30-27(46)22(41)17(40)14-49-30/h17-32,38-47H,1,4-15H2,2-3H3/t17-,18-,19-,20-,21-,22+,23-,24-,25+,26+,27-,28-,29-,30+,31+,32+,34+,35?,36+,37+/m1/s1. The minimum absolute atomic E-state index is 0.105. The largest absolute Gasteiger partial charge is 0.432 e. The molecule has 0 aromatic heterocycles. The third-order valence-corrected chi connectivity index (χ3v) is 14.6. The second-order valence-corrected chi connectivity index (χ2v) is 17.6. The van der Waals surface area contributed by atoms with E-state index in [1.807, 2.05) is 6.92 Å². The van der Waals surface area contributed by atoms with Gasteiger partial charge in [-0.15, -0.1) is 0 Å². The summed E-state index contributed by atoms with van der Waals surface area (Å²) in [6.45, 7) is 6.96. The molecule has 10 N–H and O–H groups in total. The molecule has 54 heavy (non-hydrogen) atoms. The number of carbonyl (C=O) groups is 1. The molecule has 1 spiro atoms. The predicted molar refractivity (Wildman–Crippen MR) is 180 cm³/mol. The molecular weight excluding hydrogens is 716 g/mol. The van der Waals surface area contributed by atoms with Crippen molar-refractivity contribution in [1.82, 2.24) is 0 Å². The lowest BCUT2D eigenvalue weighted by atomic mass is 9.41. The van der Waals surface area contributed by atoms with Crippen molar-refractivity contribution in [2.24, 2.45) is 28.1 Å². The fourth-order valence-electron chi connectivity index (χ4n) is 11.7. The number of rotatable bonds is 8. The molecule has 0 aromatic rings. The first-order valence-electron chi connectivity index (χ1n) is 19.3. The quantitative estimate of drug-likeness (QED) is 0.0706. The molecule has 0 amide bonds. The van der Waals surface area contributed by atoms with Crippen molar-refractivity contribution >= 4 is 5.97 Å². The fraction of sp³-hybridized carbons (Fsp3) is 0.919. The average molecular weight is 775 g/mol. The van der Waals surface area contributed by atoms with E-state index >= 15 is 0 Å². The predicted octanol–water partition coefficient (Wildman–Crippen LogP) is -2.30. The number of esters is 1. The van der Waals surface area contributed by atoms with Gasteiger partial charge in [-0.3, -0.25) is 4.79 Å². The summed E-state index contributed by atoms with van der Waals surface area (Å²) in [7, 11) is 0. The highest BCUT2D eigenvalue weighted by Gasteiger charge is 2.69. The maximum absolute atomic E-state index is 14.1. The molecule has 7 fully saturated rings. The number of aliphatic hydroxyl groups excluding tert-OH is 10. The lowest BCUT2D eigenvalue weighted by Gasteiger charge is -2.64. The van der Waals surface area contributed by atoms with E-state index in [4.69, 9.17) is 28.4 Å². The number of ether oxygens (including phenoxy) is 6. The van der Waals surface area contributed by atoms with Crippen LogP contribution in [0.25, 0.3) is 0 Å². The maximum Gasteiger partial charge on any atom is 0.314 e. The van der Waals surface area contributed by atoms with Crippen LogP contribution < -0.4 is 0 Å². The minimum Gasteiger partial charge on any atom is -0.432 e. The smallest absolute Gasteiger partial charge is 0.314 e. The Bertz CT molecular complexity index is 1400. The molecule has 17 heteroatoms. The van der Waals surface area contributed by atoms with Gasteiger partial charge < -0.3 is 79.5 Å². The Morgan fingerprint density at radius 1 is 0.759 bits per heavy atom. The highest BCUT2D eigenvalue weighted by atomic mass is 16.8. The van der Waals surface area contributed by atoms with Gasteiger partial charge in [0, 0.05) is 0 Å². The van der Waals surface area contributed by atoms with Crippen LogP contribution in [-0.2, 0) is 33.2 Å². The van der Waals surface area contributed by atoms with Crippen LogP contribution >= 0.6 is 0 Å². The lowest BCUT2D eigenvalue weighted by molar-refractivity contribution is -0.370. The second-order valence-electron chi connectivity index (χ2n) is 17.6. The Labute approximate surface area is 313 Å². The number of fused-ring (bicyclic) bond motifs is 3. The van der Waals surface area contributed by atoms with E-state index in [1.165, 1.54) is 0 Å². The minimum atomic E-state index is -1.70. The molecule has 308 valence electrons. The zero-order chi connectivity index (χ0) is 39.1. The molecule has 3 heterocycles. The van der Waals surface area contributed by atoms with Crippen LogP contribution in [0.2, 0.25) is 0 Å². The summed E-state index contributed by atoms with van der Waals surface area (Å²) in [6, 6.07) is 0. The van der Waals surface area contributed by atoms with Crippen LogP contribution in [-0.4, -0.2) is 168 Å². The van der Waals surface area contributed by atoms with Crippen molar-refractivity contribution in [2.45, 2.75) is 163 Å². The molecule has 7 aliphatic rings. The van der Waals surface area contributed by atoms with Crippen LogP contribution in [0.5, 0.6) is 0 Å². The van der Waals surface area contributed by atoms with E-state index in [0.29, 0.717) is 38.5 Å². The van der Waals surface area contributed by atoms with Gasteiger partial charge in [-0.1, -0.05) is 19.9 Å². The highest BCUT2D eigenvalue weighted by molar-refractivity contribution is 5.77. The maximum atomic E-state index is 14.1. The third kappa shape index (κ3) is 6.39. The van der Waals surface area contributed by atoms with E-state index in [-0.39, 0.29) is 29.3 Å². The second kappa shape index (κ2) is 14.8. The SMILES string of the molecule is C=C1C[C@]23CC[C@H]4C(C)(C(=O)O[C@@H]5O[C@H](CO)[C@@H](O)[C@H](O)[C@H]5O)CCC[C@]4(C)[C@H]2CC[C@]1(O[C@@H]1O[C@H](CO)[C@@H](O)[C@H](O)[C@H]1O[C@@H]1OC[C@@H](O)[C@H](O)[C@H]1O)C3. The summed E-state index contributed by atoms with van der Waals surface area (Å²) in [5.41, 5.74) is -1.65. The van der Waals surface area contributed by atoms with Crippen molar-refractivity contribution in [2.75, 3.05) is 19.8 Å². The zero-order valence-electron chi connectivity index (χ0n) is 30.8. The van der Waals surface area contributed by atoms with Crippen molar-refractivity contribution in [3.8, 4) is 0 Å². The number of carbonyl (C=O) groups excluding carboxylic acids is 1. The summed E-state index contributed by atoms with van der Waals surface area (Å²) in [6.07, 6.45) is -15.1. The molecule has 3 saturated heterocycles.